The van der Waals surface area contributed by atoms with Crippen molar-refractivity contribution < 1.29 is 9.53 Å². The van der Waals surface area contributed by atoms with E-state index in [2.05, 4.69) is 61.2 Å². The molecule has 0 aromatic heterocycles. The van der Waals surface area contributed by atoms with Crippen molar-refractivity contribution in [2.75, 3.05) is 26.3 Å². The maximum Gasteiger partial charge on any atom is 0.180 e. The maximum atomic E-state index is 12.5. The van der Waals surface area contributed by atoms with Crippen LogP contribution in [0.3, 0.4) is 0 Å². The molecular formula is C24H25NO2S. The summed E-state index contributed by atoms with van der Waals surface area (Å²) in [5.41, 5.74) is 5.89. The SMILES string of the molecule is Cc1ccccc1Sc1c(C)cccc1C1=CC(=O)C=C(N2CCOCC2)C1. The van der Waals surface area contributed by atoms with Gasteiger partial charge in [0.15, 0.2) is 5.78 Å². The summed E-state index contributed by atoms with van der Waals surface area (Å²) in [6, 6.07) is 14.8. The largest absolute Gasteiger partial charge is 0.378 e. The molecule has 0 N–H and O–H groups in total. The number of carbonyl (C=O) groups is 1. The van der Waals surface area contributed by atoms with Crippen molar-refractivity contribution >= 4 is 23.1 Å². The highest BCUT2D eigenvalue weighted by atomic mass is 32.2. The van der Waals surface area contributed by atoms with Gasteiger partial charge in [0.1, 0.15) is 0 Å². The van der Waals surface area contributed by atoms with Crippen LogP contribution in [0.4, 0.5) is 0 Å². The van der Waals surface area contributed by atoms with Gasteiger partial charge in [0.2, 0.25) is 0 Å². The van der Waals surface area contributed by atoms with E-state index < -0.39 is 0 Å². The zero-order valence-corrected chi connectivity index (χ0v) is 17.2. The summed E-state index contributed by atoms with van der Waals surface area (Å²) in [5, 5.41) is 0. The zero-order valence-electron chi connectivity index (χ0n) is 16.4. The highest BCUT2D eigenvalue weighted by Gasteiger charge is 2.22. The lowest BCUT2D eigenvalue weighted by Gasteiger charge is -2.33. The minimum Gasteiger partial charge on any atom is -0.378 e. The molecule has 2 aromatic rings. The number of nitrogens with zero attached hydrogens (tertiary/aromatic N) is 1. The number of hydrogen-bond donors (Lipinski definition) is 0. The fraction of sp³-hybridized carbons (Fsp3) is 0.292. The summed E-state index contributed by atoms with van der Waals surface area (Å²) >= 11 is 1.79. The van der Waals surface area contributed by atoms with Crippen LogP contribution in [0.2, 0.25) is 0 Å². The van der Waals surface area contributed by atoms with Gasteiger partial charge in [-0.1, -0.05) is 48.2 Å². The molecule has 2 aromatic carbocycles. The molecule has 0 amide bonds. The Morgan fingerprint density at radius 2 is 1.68 bits per heavy atom. The van der Waals surface area contributed by atoms with Gasteiger partial charge >= 0.3 is 0 Å². The van der Waals surface area contributed by atoms with Crippen LogP contribution >= 0.6 is 11.8 Å². The number of aryl methyl sites for hydroxylation is 2. The van der Waals surface area contributed by atoms with Crippen LogP contribution in [0.15, 0.2) is 70.1 Å². The number of allylic oxidation sites excluding steroid dienone is 3. The molecule has 2 aliphatic rings. The van der Waals surface area contributed by atoms with Crippen molar-refractivity contribution in [3.63, 3.8) is 0 Å². The molecule has 0 saturated carbocycles. The van der Waals surface area contributed by atoms with Crippen molar-refractivity contribution in [1.29, 1.82) is 0 Å². The molecule has 144 valence electrons. The van der Waals surface area contributed by atoms with Gasteiger partial charge in [-0.2, -0.15) is 0 Å². The number of benzene rings is 2. The predicted octanol–water partition coefficient (Wildman–Crippen LogP) is 5.03. The van der Waals surface area contributed by atoms with Gasteiger partial charge in [0.05, 0.1) is 13.2 Å². The van der Waals surface area contributed by atoms with Crippen molar-refractivity contribution in [3.8, 4) is 0 Å². The Hall–Kier alpha value is -2.30. The van der Waals surface area contributed by atoms with Crippen LogP contribution in [0.25, 0.3) is 5.57 Å². The lowest BCUT2D eigenvalue weighted by molar-refractivity contribution is -0.110. The van der Waals surface area contributed by atoms with Crippen molar-refractivity contribution in [3.05, 3.63) is 77.0 Å². The predicted molar refractivity (Wildman–Crippen MR) is 115 cm³/mol. The van der Waals surface area contributed by atoms with Crippen LogP contribution in [0.5, 0.6) is 0 Å². The number of ketones is 1. The molecule has 1 fully saturated rings. The fourth-order valence-electron chi connectivity index (χ4n) is 3.72. The molecule has 1 heterocycles. The summed E-state index contributed by atoms with van der Waals surface area (Å²) in [7, 11) is 0. The first-order chi connectivity index (χ1) is 13.6. The molecule has 28 heavy (non-hydrogen) atoms. The first-order valence-corrected chi connectivity index (χ1v) is 10.5. The van der Waals surface area contributed by atoms with Gasteiger partial charge in [-0.3, -0.25) is 4.79 Å². The molecular weight excluding hydrogens is 366 g/mol. The van der Waals surface area contributed by atoms with Crippen molar-refractivity contribution in [1.82, 2.24) is 4.90 Å². The van der Waals surface area contributed by atoms with Gasteiger partial charge in [-0.15, -0.1) is 0 Å². The smallest absolute Gasteiger partial charge is 0.180 e. The number of rotatable bonds is 4. The second-order valence-electron chi connectivity index (χ2n) is 7.30. The van der Waals surface area contributed by atoms with E-state index in [1.54, 1.807) is 23.9 Å². The molecule has 1 aliphatic heterocycles. The summed E-state index contributed by atoms with van der Waals surface area (Å²) in [6.45, 7) is 7.44. The van der Waals surface area contributed by atoms with E-state index in [1.165, 1.54) is 26.5 Å². The van der Waals surface area contributed by atoms with Crippen LogP contribution in [-0.2, 0) is 9.53 Å². The normalized spacial score (nSPS) is 17.4. The van der Waals surface area contributed by atoms with E-state index in [4.69, 9.17) is 4.74 Å². The minimum atomic E-state index is 0.0797. The zero-order chi connectivity index (χ0) is 19.5. The maximum absolute atomic E-state index is 12.5. The van der Waals surface area contributed by atoms with Gasteiger partial charge in [0.25, 0.3) is 0 Å². The van der Waals surface area contributed by atoms with E-state index in [1.807, 2.05) is 0 Å². The first-order valence-electron chi connectivity index (χ1n) is 9.73. The van der Waals surface area contributed by atoms with Crippen LogP contribution in [0.1, 0.15) is 23.1 Å². The van der Waals surface area contributed by atoms with Crippen molar-refractivity contribution in [2.45, 2.75) is 30.1 Å². The molecule has 0 bridgehead atoms. The van der Waals surface area contributed by atoms with E-state index >= 15 is 0 Å². The third-order valence-corrected chi connectivity index (χ3v) is 6.70. The average molecular weight is 392 g/mol. The third-order valence-electron chi connectivity index (χ3n) is 5.28. The van der Waals surface area contributed by atoms with E-state index in [0.29, 0.717) is 0 Å². The standard InChI is InChI=1S/C24H25NO2S/c1-17-6-3-4-9-23(17)28-24-18(2)7-5-8-22(24)19-14-20(16-21(26)15-19)25-10-12-27-13-11-25/h3-9,15-16H,10-14H2,1-2H3. The molecule has 0 atom stereocenters. The third kappa shape index (κ3) is 4.08. The van der Waals surface area contributed by atoms with E-state index in [0.717, 1.165) is 44.0 Å². The summed E-state index contributed by atoms with van der Waals surface area (Å²) in [6.07, 6.45) is 4.38. The molecule has 1 aliphatic carbocycles. The molecule has 3 nitrogen and oxygen atoms in total. The number of carbonyl (C=O) groups excluding carboxylic acids is 1. The number of ether oxygens (including phenoxy) is 1. The second kappa shape index (κ2) is 8.38. The topological polar surface area (TPSA) is 29.5 Å². The summed E-state index contributed by atoms with van der Waals surface area (Å²) in [5.74, 6) is 0.0797. The molecule has 4 rings (SSSR count). The van der Waals surface area contributed by atoms with E-state index in [-0.39, 0.29) is 5.78 Å². The average Bonchev–Trinajstić information content (AvgIpc) is 2.71. The Kier molecular flexibility index (Phi) is 5.69. The van der Waals surface area contributed by atoms with Crippen LogP contribution in [-0.4, -0.2) is 37.0 Å². The summed E-state index contributed by atoms with van der Waals surface area (Å²) < 4.78 is 5.47. The number of morpholine rings is 1. The Morgan fingerprint density at radius 3 is 2.46 bits per heavy atom. The van der Waals surface area contributed by atoms with Gasteiger partial charge < -0.3 is 9.64 Å². The molecule has 4 heteroatoms. The van der Waals surface area contributed by atoms with Gasteiger partial charge in [0, 0.05) is 41.1 Å². The monoisotopic (exact) mass is 391 g/mol. The lowest BCUT2D eigenvalue weighted by Crippen LogP contribution is -2.36. The molecule has 0 radical (unpaired) electrons. The highest BCUT2D eigenvalue weighted by molar-refractivity contribution is 7.99. The van der Waals surface area contributed by atoms with Crippen molar-refractivity contribution in [2.24, 2.45) is 0 Å². The minimum absolute atomic E-state index is 0.0797. The lowest BCUT2D eigenvalue weighted by atomic mass is 9.93. The Bertz CT molecular complexity index is 955. The van der Waals surface area contributed by atoms with Gasteiger partial charge in [-0.25, -0.2) is 0 Å². The quantitative estimate of drug-likeness (QED) is 0.731. The Morgan fingerprint density at radius 1 is 0.929 bits per heavy atom. The van der Waals surface area contributed by atoms with E-state index in [9.17, 15) is 4.79 Å². The summed E-state index contributed by atoms with van der Waals surface area (Å²) in [4.78, 5) is 17.3. The fourth-order valence-corrected chi connectivity index (χ4v) is 4.86. The first kappa shape index (κ1) is 19.0. The Balaban J connectivity index is 1.66. The second-order valence-corrected chi connectivity index (χ2v) is 8.36. The molecule has 0 spiro atoms. The molecule has 0 unspecified atom stereocenters. The highest BCUT2D eigenvalue weighted by Crippen LogP contribution is 2.40. The van der Waals surface area contributed by atoms with Gasteiger partial charge in [-0.05, 0) is 48.3 Å². The molecule has 1 saturated heterocycles. The number of hydrogen-bond acceptors (Lipinski definition) is 4. The van der Waals surface area contributed by atoms with Crippen LogP contribution < -0.4 is 0 Å². The van der Waals surface area contributed by atoms with Crippen LogP contribution in [0, 0.1) is 13.8 Å². The Labute approximate surface area is 171 Å².